The molecular formula is C15H19F3N2O5. The number of furan rings is 1. The molecule has 0 saturated carbocycles. The number of aliphatic hydroxyl groups is 1. The van der Waals surface area contributed by atoms with Gasteiger partial charge in [0.05, 0.1) is 12.9 Å². The van der Waals surface area contributed by atoms with Crippen LogP contribution in [-0.4, -0.2) is 76.4 Å². The molecule has 1 aromatic heterocycles. The minimum atomic E-state index is -5.08. The maximum absolute atomic E-state index is 12.4. The van der Waals surface area contributed by atoms with E-state index in [0.717, 1.165) is 25.9 Å². The van der Waals surface area contributed by atoms with E-state index in [1.54, 1.807) is 12.1 Å². The summed E-state index contributed by atoms with van der Waals surface area (Å²) in [5.74, 6) is -2.31. The number of aliphatic hydroxyl groups excluding tert-OH is 1. The van der Waals surface area contributed by atoms with E-state index >= 15 is 0 Å². The Labute approximate surface area is 141 Å². The number of likely N-dealkylation sites (tertiary alicyclic amines) is 1. The zero-order chi connectivity index (χ0) is 18.6. The van der Waals surface area contributed by atoms with Gasteiger partial charge in [0.25, 0.3) is 5.91 Å². The average Bonchev–Trinajstić information content (AvgIpc) is 3.14. The number of halogens is 3. The van der Waals surface area contributed by atoms with Crippen molar-refractivity contribution >= 4 is 11.9 Å². The van der Waals surface area contributed by atoms with E-state index in [0.29, 0.717) is 12.3 Å². The molecule has 25 heavy (non-hydrogen) atoms. The zero-order valence-corrected chi connectivity index (χ0v) is 13.3. The van der Waals surface area contributed by atoms with Gasteiger partial charge in [-0.05, 0) is 25.0 Å². The van der Waals surface area contributed by atoms with Crippen LogP contribution in [0, 0.1) is 0 Å². The summed E-state index contributed by atoms with van der Waals surface area (Å²) in [6, 6.07) is 4.01. The molecule has 3 heterocycles. The van der Waals surface area contributed by atoms with Crippen LogP contribution in [0.5, 0.6) is 0 Å². The van der Waals surface area contributed by atoms with Gasteiger partial charge in [0.1, 0.15) is 0 Å². The molecule has 0 aromatic carbocycles. The van der Waals surface area contributed by atoms with Crippen LogP contribution >= 0.6 is 0 Å². The molecular weight excluding hydrogens is 345 g/mol. The lowest BCUT2D eigenvalue weighted by Gasteiger charge is -2.40. The van der Waals surface area contributed by atoms with Gasteiger partial charge in [-0.3, -0.25) is 9.69 Å². The first kappa shape index (κ1) is 19.3. The second-order valence-electron chi connectivity index (χ2n) is 5.86. The number of piperazine rings is 1. The second-order valence-corrected chi connectivity index (χ2v) is 5.86. The number of carboxylic acids is 1. The first-order valence-electron chi connectivity index (χ1n) is 7.73. The van der Waals surface area contributed by atoms with Crippen molar-refractivity contribution in [3.05, 3.63) is 24.2 Å². The summed E-state index contributed by atoms with van der Waals surface area (Å²) in [5.41, 5.74) is 0. The fourth-order valence-corrected chi connectivity index (χ4v) is 3.17. The molecule has 2 aliphatic heterocycles. The molecule has 2 bridgehead atoms. The molecule has 7 nitrogen and oxygen atoms in total. The summed E-state index contributed by atoms with van der Waals surface area (Å²) in [4.78, 5) is 25.5. The van der Waals surface area contributed by atoms with Crippen LogP contribution in [-0.2, 0) is 4.79 Å². The van der Waals surface area contributed by atoms with Crippen molar-refractivity contribution in [3.8, 4) is 0 Å². The molecule has 0 radical (unpaired) electrons. The Kier molecular flexibility index (Phi) is 6.07. The summed E-state index contributed by atoms with van der Waals surface area (Å²) in [6.07, 6.45) is -1.44. The molecule has 1 aromatic rings. The average molecular weight is 364 g/mol. The predicted octanol–water partition coefficient (Wildman–Crippen LogP) is 1.19. The number of carboxylic acid groups (broad SMARTS) is 1. The summed E-state index contributed by atoms with van der Waals surface area (Å²) >= 11 is 0. The maximum Gasteiger partial charge on any atom is 0.490 e. The van der Waals surface area contributed by atoms with Crippen LogP contribution in [0.4, 0.5) is 13.2 Å². The van der Waals surface area contributed by atoms with Crippen molar-refractivity contribution in [2.45, 2.75) is 31.1 Å². The van der Waals surface area contributed by atoms with Crippen molar-refractivity contribution in [1.82, 2.24) is 9.80 Å². The first-order chi connectivity index (χ1) is 11.7. The Morgan fingerprint density at radius 1 is 1.24 bits per heavy atom. The van der Waals surface area contributed by atoms with Crippen molar-refractivity contribution in [2.75, 3.05) is 26.2 Å². The Hall–Kier alpha value is -2.07. The topological polar surface area (TPSA) is 94.2 Å². The van der Waals surface area contributed by atoms with Crippen LogP contribution in [0.3, 0.4) is 0 Å². The van der Waals surface area contributed by atoms with E-state index in [2.05, 4.69) is 4.90 Å². The van der Waals surface area contributed by atoms with Crippen molar-refractivity contribution in [3.63, 3.8) is 0 Å². The van der Waals surface area contributed by atoms with Gasteiger partial charge < -0.3 is 19.5 Å². The third-order valence-corrected chi connectivity index (χ3v) is 4.18. The number of hydrogen-bond donors (Lipinski definition) is 2. The molecule has 0 spiro atoms. The highest BCUT2D eigenvalue weighted by Crippen LogP contribution is 2.31. The highest BCUT2D eigenvalue weighted by atomic mass is 19.4. The van der Waals surface area contributed by atoms with Crippen molar-refractivity contribution < 1.29 is 37.4 Å². The van der Waals surface area contributed by atoms with Gasteiger partial charge in [-0.2, -0.15) is 13.2 Å². The fraction of sp³-hybridized carbons (Fsp3) is 0.600. The standard InChI is InChI=1S/C13H18N2O3.C2HF3O2/c16-6-5-14-8-10-3-4-11(9-14)15(10)13(17)12-2-1-7-18-12;3-2(4,5)1(6)7/h1-2,7,10-11,16H,3-6,8-9H2;(H,6,7). The number of rotatable bonds is 3. The Balaban J connectivity index is 0.000000277. The van der Waals surface area contributed by atoms with E-state index in [-0.39, 0.29) is 24.6 Å². The third kappa shape index (κ3) is 4.73. The summed E-state index contributed by atoms with van der Waals surface area (Å²) < 4.78 is 36.9. The smallest absolute Gasteiger partial charge is 0.475 e. The van der Waals surface area contributed by atoms with Gasteiger partial charge in [0, 0.05) is 31.7 Å². The van der Waals surface area contributed by atoms with Gasteiger partial charge in [0.2, 0.25) is 0 Å². The summed E-state index contributed by atoms with van der Waals surface area (Å²) in [7, 11) is 0. The van der Waals surface area contributed by atoms with Gasteiger partial charge >= 0.3 is 12.1 Å². The maximum atomic E-state index is 12.4. The molecule has 140 valence electrons. The zero-order valence-electron chi connectivity index (χ0n) is 13.3. The molecule has 2 N–H and O–H groups in total. The molecule has 2 aliphatic rings. The van der Waals surface area contributed by atoms with Gasteiger partial charge in [-0.1, -0.05) is 0 Å². The van der Waals surface area contributed by atoms with E-state index in [9.17, 15) is 18.0 Å². The van der Waals surface area contributed by atoms with Gasteiger partial charge in [-0.15, -0.1) is 0 Å². The van der Waals surface area contributed by atoms with Crippen molar-refractivity contribution in [2.24, 2.45) is 0 Å². The lowest BCUT2D eigenvalue weighted by molar-refractivity contribution is -0.192. The van der Waals surface area contributed by atoms with E-state index < -0.39 is 12.1 Å². The number of hydrogen-bond acceptors (Lipinski definition) is 5. The minimum Gasteiger partial charge on any atom is -0.475 e. The SMILES string of the molecule is O=C(O)C(F)(F)F.O=C(c1ccco1)N1C2CCC1CN(CCO)C2. The van der Waals surface area contributed by atoms with Crippen LogP contribution in [0.25, 0.3) is 0 Å². The number of carbonyl (C=O) groups is 2. The van der Waals surface area contributed by atoms with E-state index in [4.69, 9.17) is 19.4 Å². The molecule has 3 rings (SSSR count). The molecule has 2 fully saturated rings. The monoisotopic (exact) mass is 364 g/mol. The Bertz CT molecular complexity index is 576. The molecule has 1 amide bonds. The van der Waals surface area contributed by atoms with Crippen LogP contribution < -0.4 is 0 Å². The molecule has 0 aliphatic carbocycles. The van der Waals surface area contributed by atoms with Crippen LogP contribution in [0.2, 0.25) is 0 Å². The number of carbonyl (C=O) groups excluding carboxylic acids is 1. The molecule has 10 heteroatoms. The minimum absolute atomic E-state index is 0.0103. The quantitative estimate of drug-likeness (QED) is 0.837. The van der Waals surface area contributed by atoms with Crippen LogP contribution in [0.1, 0.15) is 23.4 Å². The summed E-state index contributed by atoms with van der Waals surface area (Å²) in [6.45, 7) is 2.62. The second kappa shape index (κ2) is 7.87. The largest absolute Gasteiger partial charge is 0.490 e. The number of alkyl halides is 3. The number of aliphatic carboxylic acids is 1. The molecule has 2 unspecified atom stereocenters. The van der Waals surface area contributed by atoms with Crippen LogP contribution in [0.15, 0.2) is 22.8 Å². The number of fused-ring (bicyclic) bond motifs is 2. The number of amides is 1. The van der Waals surface area contributed by atoms with E-state index in [1.165, 1.54) is 6.26 Å². The van der Waals surface area contributed by atoms with Crippen molar-refractivity contribution in [1.29, 1.82) is 0 Å². The lowest BCUT2D eigenvalue weighted by atomic mass is 10.1. The molecule has 2 atom stereocenters. The van der Waals surface area contributed by atoms with Gasteiger partial charge in [-0.25, -0.2) is 4.79 Å². The Morgan fingerprint density at radius 2 is 1.80 bits per heavy atom. The number of β-amino-alcohol motifs (C(OH)–C–C–N with tert-alkyl or cyclic N) is 1. The normalized spacial score (nSPS) is 23.1. The highest BCUT2D eigenvalue weighted by Gasteiger charge is 2.43. The first-order valence-corrected chi connectivity index (χ1v) is 7.73. The van der Waals surface area contributed by atoms with E-state index in [1.807, 2.05) is 4.90 Å². The third-order valence-electron chi connectivity index (χ3n) is 4.18. The Morgan fingerprint density at radius 3 is 2.20 bits per heavy atom. The predicted molar refractivity (Wildman–Crippen MR) is 78.9 cm³/mol. The molecule has 2 saturated heterocycles. The van der Waals surface area contributed by atoms with Gasteiger partial charge in [0.15, 0.2) is 5.76 Å². The lowest BCUT2D eigenvalue weighted by Crippen LogP contribution is -2.56. The fourth-order valence-electron chi connectivity index (χ4n) is 3.17. The number of nitrogens with zero attached hydrogens (tertiary/aromatic N) is 2. The highest BCUT2D eigenvalue weighted by molar-refractivity contribution is 5.92. The summed E-state index contributed by atoms with van der Waals surface area (Å²) in [5, 5.41) is 16.1.